The van der Waals surface area contributed by atoms with Crippen molar-refractivity contribution in [3.8, 4) is 0 Å². The maximum atomic E-state index is 5.38. The molecular formula is C16H27N3O. The van der Waals surface area contributed by atoms with Crippen LogP contribution < -0.4 is 15.5 Å². The van der Waals surface area contributed by atoms with Gasteiger partial charge in [0.05, 0.1) is 13.2 Å². The number of nitrogens with zero attached hydrogens (tertiary/aromatic N) is 1. The zero-order chi connectivity index (χ0) is 14.4. The van der Waals surface area contributed by atoms with Crippen LogP contribution in [0.3, 0.4) is 0 Å². The van der Waals surface area contributed by atoms with Crippen LogP contribution in [0.15, 0.2) is 24.3 Å². The van der Waals surface area contributed by atoms with Crippen LogP contribution in [0.1, 0.15) is 20.8 Å². The van der Waals surface area contributed by atoms with Gasteiger partial charge in [0.15, 0.2) is 0 Å². The van der Waals surface area contributed by atoms with Gasteiger partial charge in [0.25, 0.3) is 0 Å². The Balaban J connectivity index is 1.76. The van der Waals surface area contributed by atoms with Crippen LogP contribution in [-0.2, 0) is 4.74 Å². The molecule has 0 amide bonds. The Bertz CT molecular complexity index is 391. The molecule has 2 rings (SSSR count). The smallest absolute Gasteiger partial charge is 0.0642 e. The molecule has 1 fully saturated rings. The fourth-order valence-corrected chi connectivity index (χ4v) is 2.26. The van der Waals surface area contributed by atoms with Crippen molar-refractivity contribution in [3.63, 3.8) is 0 Å². The van der Waals surface area contributed by atoms with Gasteiger partial charge in [0, 0.05) is 43.1 Å². The highest BCUT2D eigenvalue weighted by Crippen LogP contribution is 2.18. The van der Waals surface area contributed by atoms with E-state index in [0.29, 0.717) is 0 Å². The largest absolute Gasteiger partial charge is 0.384 e. The van der Waals surface area contributed by atoms with Crippen LogP contribution in [0.25, 0.3) is 0 Å². The highest BCUT2D eigenvalue weighted by atomic mass is 16.5. The Morgan fingerprint density at radius 2 is 1.70 bits per heavy atom. The van der Waals surface area contributed by atoms with Gasteiger partial charge in [-0.2, -0.15) is 0 Å². The van der Waals surface area contributed by atoms with Crippen molar-refractivity contribution in [1.29, 1.82) is 0 Å². The number of nitrogens with one attached hydrogen (secondary N) is 2. The summed E-state index contributed by atoms with van der Waals surface area (Å²) in [5.74, 6) is 0. The summed E-state index contributed by atoms with van der Waals surface area (Å²) < 4.78 is 5.38. The molecule has 20 heavy (non-hydrogen) atoms. The average molecular weight is 277 g/mol. The lowest BCUT2D eigenvalue weighted by Crippen LogP contribution is -2.38. The topological polar surface area (TPSA) is 36.5 Å². The lowest BCUT2D eigenvalue weighted by atomic mass is 10.1. The first-order valence-corrected chi connectivity index (χ1v) is 7.46. The summed E-state index contributed by atoms with van der Waals surface area (Å²) in [4.78, 5) is 2.37. The SMILES string of the molecule is CC(C)(C)NCCNc1ccc(N2CCOCC2)cc1. The molecule has 0 bridgehead atoms. The molecule has 1 aromatic carbocycles. The summed E-state index contributed by atoms with van der Waals surface area (Å²) in [5.41, 5.74) is 2.64. The van der Waals surface area contributed by atoms with Gasteiger partial charge in [-0.15, -0.1) is 0 Å². The molecule has 0 aliphatic carbocycles. The standard InChI is InChI=1S/C16H27N3O/c1-16(2,3)18-9-8-17-14-4-6-15(7-5-14)19-10-12-20-13-11-19/h4-7,17-18H,8-13H2,1-3H3. The van der Waals surface area contributed by atoms with Gasteiger partial charge in [-0.05, 0) is 45.0 Å². The van der Waals surface area contributed by atoms with Crippen LogP contribution in [0.2, 0.25) is 0 Å². The van der Waals surface area contributed by atoms with E-state index in [9.17, 15) is 0 Å². The molecule has 1 saturated heterocycles. The van der Waals surface area contributed by atoms with Crippen LogP contribution in [0.4, 0.5) is 11.4 Å². The van der Waals surface area contributed by atoms with E-state index in [4.69, 9.17) is 4.74 Å². The van der Waals surface area contributed by atoms with E-state index in [2.05, 4.69) is 60.6 Å². The third-order valence-corrected chi connectivity index (χ3v) is 3.35. The molecule has 0 saturated carbocycles. The van der Waals surface area contributed by atoms with Crippen molar-refractivity contribution < 1.29 is 4.74 Å². The van der Waals surface area contributed by atoms with Gasteiger partial charge < -0.3 is 20.3 Å². The second-order valence-corrected chi connectivity index (χ2v) is 6.25. The summed E-state index contributed by atoms with van der Waals surface area (Å²) in [6, 6.07) is 8.68. The highest BCUT2D eigenvalue weighted by molar-refractivity contribution is 5.55. The van der Waals surface area contributed by atoms with E-state index in [-0.39, 0.29) is 5.54 Å². The van der Waals surface area contributed by atoms with E-state index in [1.807, 2.05) is 0 Å². The molecule has 1 aliphatic heterocycles. The normalized spacial score (nSPS) is 16.2. The van der Waals surface area contributed by atoms with Gasteiger partial charge in [0.1, 0.15) is 0 Å². The first kappa shape index (κ1) is 15.1. The van der Waals surface area contributed by atoms with Crippen LogP contribution in [-0.4, -0.2) is 44.9 Å². The number of rotatable bonds is 5. The van der Waals surface area contributed by atoms with E-state index < -0.39 is 0 Å². The lowest BCUT2D eigenvalue weighted by Gasteiger charge is -2.29. The van der Waals surface area contributed by atoms with Crippen LogP contribution >= 0.6 is 0 Å². The van der Waals surface area contributed by atoms with Gasteiger partial charge in [-0.1, -0.05) is 0 Å². The molecule has 1 heterocycles. The lowest BCUT2D eigenvalue weighted by molar-refractivity contribution is 0.122. The van der Waals surface area contributed by atoms with Crippen LogP contribution in [0.5, 0.6) is 0 Å². The monoisotopic (exact) mass is 277 g/mol. The van der Waals surface area contributed by atoms with Crippen molar-refractivity contribution in [2.75, 3.05) is 49.6 Å². The third-order valence-electron chi connectivity index (χ3n) is 3.35. The van der Waals surface area contributed by atoms with Crippen molar-refractivity contribution in [1.82, 2.24) is 5.32 Å². The molecule has 4 heteroatoms. The predicted octanol–water partition coefficient (Wildman–Crippen LogP) is 2.32. The summed E-state index contributed by atoms with van der Waals surface area (Å²) in [6.45, 7) is 12.1. The number of anilines is 2. The number of hydrogen-bond acceptors (Lipinski definition) is 4. The van der Waals surface area contributed by atoms with Crippen molar-refractivity contribution in [2.45, 2.75) is 26.3 Å². The highest BCUT2D eigenvalue weighted by Gasteiger charge is 2.10. The first-order valence-electron chi connectivity index (χ1n) is 7.46. The minimum absolute atomic E-state index is 0.182. The molecular weight excluding hydrogens is 250 g/mol. The second kappa shape index (κ2) is 6.95. The fourth-order valence-electron chi connectivity index (χ4n) is 2.26. The molecule has 0 aromatic heterocycles. The summed E-state index contributed by atoms with van der Waals surface area (Å²) >= 11 is 0. The average Bonchev–Trinajstić information content (AvgIpc) is 2.44. The third kappa shape index (κ3) is 5.02. The predicted molar refractivity (Wildman–Crippen MR) is 85.7 cm³/mol. The molecule has 0 spiro atoms. The number of hydrogen-bond donors (Lipinski definition) is 2. The Morgan fingerprint density at radius 1 is 1.05 bits per heavy atom. The van der Waals surface area contributed by atoms with E-state index in [1.165, 1.54) is 11.4 Å². The van der Waals surface area contributed by atoms with Gasteiger partial charge >= 0.3 is 0 Å². The van der Waals surface area contributed by atoms with Gasteiger partial charge in [0.2, 0.25) is 0 Å². The first-order chi connectivity index (χ1) is 9.54. The zero-order valence-electron chi connectivity index (χ0n) is 12.9. The van der Waals surface area contributed by atoms with E-state index in [1.54, 1.807) is 0 Å². The number of ether oxygens (including phenoxy) is 1. The molecule has 0 atom stereocenters. The van der Waals surface area contributed by atoms with Crippen molar-refractivity contribution in [2.24, 2.45) is 0 Å². The Hall–Kier alpha value is -1.26. The molecule has 1 aliphatic rings. The molecule has 112 valence electrons. The summed E-state index contributed by atoms with van der Waals surface area (Å²) in [7, 11) is 0. The Labute approximate surface area is 122 Å². The van der Waals surface area contributed by atoms with Gasteiger partial charge in [-0.25, -0.2) is 0 Å². The summed E-state index contributed by atoms with van der Waals surface area (Å²) in [6.07, 6.45) is 0. The Morgan fingerprint density at radius 3 is 2.30 bits per heavy atom. The number of benzene rings is 1. The zero-order valence-corrected chi connectivity index (χ0v) is 12.9. The van der Waals surface area contributed by atoms with E-state index >= 15 is 0 Å². The molecule has 1 aromatic rings. The minimum Gasteiger partial charge on any atom is -0.384 e. The molecule has 0 radical (unpaired) electrons. The molecule has 0 unspecified atom stereocenters. The van der Waals surface area contributed by atoms with Crippen molar-refractivity contribution >= 4 is 11.4 Å². The second-order valence-electron chi connectivity index (χ2n) is 6.25. The summed E-state index contributed by atoms with van der Waals surface area (Å²) in [5, 5.41) is 6.91. The fraction of sp³-hybridized carbons (Fsp3) is 0.625. The van der Waals surface area contributed by atoms with E-state index in [0.717, 1.165) is 39.4 Å². The maximum Gasteiger partial charge on any atom is 0.0642 e. The van der Waals surface area contributed by atoms with Crippen molar-refractivity contribution in [3.05, 3.63) is 24.3 Å². The number of morpholine rings is 1. The molecule has 4 nitrogen and oxygen atoms in total. The molecule has 2 N–H and O–H groups in total. The minimum atomic E-state index is 0.182. The van der Waals surface area contributed by atoms with Crippen LogP contribution in [0, 0.1) is 0 Å². The maximum absolute atomic E-state index is 5.38. The Kier molecular flexibility index (Phi) is 5.26. The quantitative estimate of drug-likeness (QED) is 0.810. The van der Waals surface area contributed by atoms with Gasteiger partial charge in [-0.3, -0.25) is 0 Å².